The summed E-state index contributed by atoms with van der Waals surface area (Å²) in [7, 11) is 0. The van der Waals surface area contributed by atoms with Crippen LogP contribution in [0.3, 0.4) is 0 Å². The van der Waals surface area contributed by atoms with Crippen LogP contribution in [-0.2, 0) is 19.1 Å². The number of ether oxygens (including phenoxy) is 1. The summed E-state index contributed by atoms with van der Waals surface area (Å²) in [5, 5.41) is 2.69. The molecule has 1 saturated heterocycles. The number of thioether (sulfide) groups is 1. The Bertz CT molecular complexity index is 943. The lowest BCUT2D eigenvalue weighted by atomic mass is 10.00. The second kappa shape index (κ2) is 10.5. The van der Waals surface area contributed by atoms with Crippen molar-refractivity contribution in [3.63, 3.8) is 0 Å². The van der Waals surface area contributed by atoms with Crippen molar-refractivity contribution in [3.05, 3.63) is 59.7 Å². The number of para-hydroxylation sites is 1. The maximum Gasteiger partial charge on any atom is 0.306 e. The number of hydrogen-bond donors (Lipinski definition) is 1. The molecule has 1 aliphatic rings. The molecular formula is C24H28N2O4S. The molecule has 0 spiro atoms. The van der Waals surface area contributed by atoms with Crippen LogP contribution in [0.1, 0.15) is 56.0 Å². The van der Waals surface area contributed by atoms with Gasteiger partial charge in [0.25, 0.3) is 0 Å². The molecule has 1 aliphatic heterocycles. The highest BCUT2D eigenvalue weighted by molar-refractivity contribution is 8.00. The molecule has 0 radical (unpaired) electrons. The number of rotatable bonds is 8. The predicted octanol–water partition coefficient (Wildman–Crippen LogP) is 4.87. The topological polar surface area (TPSA) is 75.7 Å². The van der Waals surface area contributed by atoms with E-state index in [0.717, 1.165) is 16.8 Å². The summed E-state index contributed by atoms with van der Waals surface area (Å²) in [6.45, 7) is 6.29. The fraction of sp³-hybridized carbons (Fsp3) is 0.375. The Morgan fingerprint density at radius 1 is 1.13 bits per heavy atom. The van der Waals surface area contributed by atoms with Crippen LogP contribution in [0.15, 0.2) is 48.5 Å². The maximum absolute atomic E-state index is 12.7. The summed E-state index contributed by atoms with van der Waals surface area (Å²) in [6, 6.07) is 15.6. The minimum Gasteiger partial charge on any atom is -0.466 e. The van der Waals surface area contributed by atoms with E-state index in [0.29, 0.717) is 24.0 Å². The molecule has 0 saturated carbocycles. The molecule has 0 aromatic heterocycles. The molecule has 31 heavy (non-hydrogen) atoms. The number of nitrogens with zero attached hydrogens (tertiary/aromatic N) is 1. The smallest absolute Gasteiger partial charge is 0.306 e. The average Bonchev–Trinajstić information content (AvgIpc) is 3.14. The first-order valence-electron chi connectivity index (χ1n) is 10.5. The lowest BCUT2D eigenvalue weighted by molar-refractivity contribution is -0.144. The van der Waals surface area contributed by atoms with E-state index in [2.05, 4.69) is 25.2 Å². The van der Waals surface area contributed by atoms with Crippen molar-refractivity contribution < 1.29 is 19.1 Å². The summed E-state index contributed by atoms with van der Waals surface area (Å²) < 4.78 is 4.84. The molecule has 164 valence electrons. The van der Waals surface area contributed by atoms with Crippen LogP contribution < -0.4 is 10.2 Å². The fourth-order valence-electron chi connectivity index (χ4n) is 3.53. The highest BCUT2D eigenvalue weighted by atomic mass is 32.2. The van der Waals surface area contributed by atoms with Gasteiger partial charge in [-0.25, -0.2) is 0 Å². The van der Waals surface area contributed by atoms with E-state index in [4.69, 9.17) is 4.74 Å². The van der Waals surface area contributed by atoms with Crippen molar-refractivity contribution in [2.75, 3.05) is 22.6 Å². The van der Waals surface area contributed by atoms with Gasteiger partial charge in [0.2, 0.25) is 11.8 Å². The van der Waals surface area contributed by atoms with Gasteiger partial charge >= 0.3 is 5.97 Å². The summed E-state index contributed by atoms with van der Waals surface area (Å²) in [5.74, 6) is 0.224. The molecular weight excluding hydrogens is 412 g/mol. The van der Waals surface area contributed by atoms with E-state index < -0.39 is 0 Å². The zero-order valence-corrected chi connectivity index (χ0v) is 18.9. The molecule has 1 N–H and O–H groups in total. The number of esters is 1. The minimum atomic E-state index is -0.377. The van der Waals surface area contributed by atoms with Gasteiger partial charge < -0.3 is 10.1 Å². The molecule has 0 bridgehead atoms. The second-order valence-corrected chi connectivity index (χ2v) is 8.68. The van der Waals surface area contributed by atoms with Gasteiger partial charge in [-0.2, -0.15) is 0 Å². The van der Waals surface area contributed by atoms with Gasteiger partial charge in [-0.15, -0.1) is 11.8 Å². The highest BCUT2D eigenvalue weighted by Crippen LogP contribution is 2.44. The molecule has 1 unspecified atom stereocenters. The Kier molecular flexibility index (Phi) is 7.74. The Hall–Kier alpha value is -2.80. The predicted molar refractivity (Wildman–Crippen MR) is 124 cm³/mol. The van der Waals surface area contributed by atoms with Gasteiger partial charge in [-0.1, -0.05) is 44.2 Å². The van der Waals surface area contributed by atoms with Gasteiger partial charge in [0.1, 0.15) is 5.37 Å². The Morgan fingerprint density at radius 2 is 1.84 bits per heavy atom. The lowest BCUT2D eigenvalue weighted by Crippen LogP contribution is -2.29. The summed E-state index contributed by atoms with van der Waals surface area (Å²) in [6.07, 6.45) is 0.135. The van der Waals surface area contributed by atoms with Crippen molar-refractivity contribution in [2.45, 2.75) is 44.9 Å². The maximum atomic E-state index is 12.7. The van der Waals surface area contributed by atoms with Crippen LogP contribution in [0.4, 0.5) is 11.4 Å². The van der Waals surface area contributed by atoms with Gasteiger partial charge in [0, 0.05) is 17.8 Å². The third-order valence-electron chi connectivity index (χ3n) is 5.03. The number of amides is 2. The van der Waals surface area contributed by atoms with Crippen LogP contribution >= 0.6 is 11.8 Å². The molecule has 1 heterocycles. The molecule has 6 nitrogen and oxygen atoms in total. The first kappa shape index (κ1) is 22.9. The molecule has 2 aromatic carbocycles. The summed E-state index contributed by atoms with van der Waals surface area (Å²) in [4.78, 5) is 38.1. The molecule has 0 aliphatic carbocycles. The van der Waals surface area contributed by atoms with Crippen molar-refractivity contribution in [1.29, 1.82) is 0 Å². The van der Waals surface area contributed by atoms with Crippen LogP contribution in [0, 0.1) is 0 Å². The number of carbonyl (C=O) groups is 3. The molecule has 2 aromatic rings. The van der Waals surface area contributed by atoms with E-state index in [1.807, 2.05) is 47.4 Å². The van der Waals surface area contributed by atoms with Crippen molar-refractivity contribution >= 4 is 40.9 Å². The van der Waals surface area contributed by atoms with Crippen molar-refractivity contribution in [3.8, 4) is 0 Å². The Balaban J connectivity index is 1.71. The Labute approximate surface area is 187 Å². The molecule has 3 rings (SSSR count). The van der Waals surface area contributed by atoms with E-state index >= 15 is 0 Å². The average molecular weight is 441 g/mol. The van der Waals surface area contributed by atoms with Crippen LogP contribution in [-0.4, -0.2) is 30.1 Å². The second-order valence-electron chi connectivity index (χ2n) is 7.62. The molecule has 1 fully saturated rings. The molecule has 1 atom stereocenters. The number of carbonyl (C=O) groups excluding carboxylic acids is 3. The van der Waals surface area contributed by atoms with E-state index in [-0.39, 0.29) is 36.0 Å². The molecule has 2 amide bonds. The normalized spacial score (nSPS) is 15.9. The summed E-state index contributed by atoms with van der Waals surface area (Å²) >= 11 is 1.60. The third kappa shape index (κ3) is 5.67. The van der Waals surface area contributed by atoms with Gasteiger partial charge in [-0.3, -0.25) is 19.3 Å². The van der Waals surface area contributed by atoms with Crippen LogP contribution in [0.2, 0.25) is 0 Å². The Morgan fingerprint density at radius 3 is 2.52 bits per heavy atom. The van der Waals surface area contributed by atoms with E-state index in [1.165, 1.54) is 0 Å². The van der Waals surface area contributed by atoms with Gasteiger partial charge in [-0.05, 0) is 42.2 Å². The highest BCUT2D eigenvalue weighted by Gasteiger charge is 2.35. The largest absolute Gasteiger partial charge is 0.466 e. The zero-order chi connectivity index (χ0) is 22.4. The van der Waals surface area contributed by atoms with Crippen molar-refractivity contribution in [1.82, 2.24) is 0 Å². The quantitative estimate of drug-likeness (QED) is 0.593. The van der Waals surface area contributed by atoms with Crippen LogP contribution in [0.25, 0.3) is 0 Å². The van der Waals surface area contributed by atoms with Crippen LogP contribution in [0.5, 0.6) is 0 Å². The number of hydrogen-bond acceptors (Lipinski definition) is 5. The third-order valence-corrected chi connectivity index (χ3v) is 6.24. The zero-order valence-electron chi connectivity index (χ0n) is 18.1. The minimum absolute atomic E-state index is 0.0583. The number of anilines is 2. The molecule has 7 heteroatoms. The number of nitrogens with one attached hydrogen (secondary N) is 1. The lowest BCUT2D eigenvalue weighted by Gasteiger charge is -2.27. The van der Waals surface area contributed by atoms with E-state index in [1.54, 1.807) is 18.7 Å². The fourth-order valence-corrected chi connectivity index (χ4v) is 4.70. The number of benzene rings is 2. The van der Waals surface area contributed by atoms with Crippen molar-refractivity contribution in [2.24, 2.45) is 0 Å². The first-order valence-corrected chi connectivity index (χ1v) is 11.5. The van der Waals surface area contributed by atoms with Gasteiger partial charge in [0.05, 0.1) is 18.8 Å². The standard InChI is InChI=1S/C24H28N2O4S/c1-4-30-23(29)14-13-21(27)25-18-11-9-17(10-12-18)24-26(22(28)15-31-24)20-8-6-5-7-19(20)16(2)3/h5-12,16,24H,4,13-15H2,1-3H3,(H,25,27). The summed E-state index contributed by atoms with van der Waals surface area (Å²) in [5.41, 5.74) is 3.75. The van der Waals surface area contributed by atoms with E-state index in [9.17, 15) is 14.4 Å². The first-order chi connectivity index (χ1) is 14.9. The monoisotopic (exact) mass is 440 g/mol. The van der Waals surface area contributed by atoms with Gasteiger partial charge in [0.15, 0.2) is 0 Å². The SMILES string of the molecule is CCOC(=O)CCC(=O)Nc1ccc(C2SCC(=O)N2c2ccccc2C(C)C)cc1.